The zero-order valence-electron chi connectivity index (χ0n) is 36.5. The number of rotatable bonds is 15. The molecule has 0 spiro atoms. The third-order valence-electron chi connectivity index (χ3n) is 13.7. The number of nitrogens with one attached hydrogen (secondary N) is 4. The van der Waals surface area contributed by atoms with Crippen molar-refractivity contribution in [1.29, 1.82) is 0 Å². The molecule has 5 fully saturated rings. The van der Waals surface area contributed by atoms with Crippen LogP contribution in [0.3, 0.4) is 0 Å². The van der Waals surface area contributed by atoms with Crippen LogP contribution in [0.1, 0.15) is 152 Å². The number of esters is 1. The van der Waals surface area contributed by atoms with E-state index in [1.54, 1.807) is 46.4 Å². The average Bonchev–Trinajstić information content (AvgIpc) is 3.96. The predicted molar refractivity (Wildman–Crippen MR) is 220 cm³/mol. The molecule has 1 heterocycles. The monoisotopic (exact) mass is 833 g/mol. The van der Waals surface area contributed by atoms with Crippen molar-refractivity contribution in [3.8, 4) is 0 Å². The van der Waals surface area contributed by atoms with E-state index in [4.69, 9.17) is 4.74 Å². The number of urea groups is 1. The van der Waals surface area contributed by atoms with E-state index in [2.05, 4.69) is 35.1 Å². The molecule has 5 rings (SSSR count). The van der Waals surface area contributed by atoms with Gasteiger partial charge in [0.1, 0.15) is 17.7 Å². The molecule has 1 aliphatic heterocycles. The first kappa shape index (κ1) is 45.8. The Balaban J connectivity index is 1.35. The van der Waals surface area contributed by atoms with Gasteiger partial charge in [0, 0.05) is 13.1 Å². The summed E-state index contributed by atoms with van der Waals surface area (Å²) in [4.78, 5) is 84.1. The molecule has 15 heteroatoms. The number of hydrogen-bond donors (Lipinski definition) is 4. The zero-order chi connectivity index (χ0) is 43.1. The molecule has 0 aromatic carbocycles. The Morgan fingerprint density at radius 2 is 1.41 bits per heavy atom. The minimum absolute atomic E-state index is 0.0303. The largest absolute Gasteiger partial charge is 0.460 e. The van der Waals surface area contributed by atoms with Gasteiger partial charge in [-0.1, -0.05) is 72.1 Å². The average molecular weight is 834 g/mol. The third kappa shape index (κ3) is 10.7. The van der Waals surface area contributed by atoms with Crippen molar-refractivity contribution in [3.05, 3.63) is 0 Å². The van der Waals surface area contributed by atoms with Gasteiger partial charge in [-0.2, -0.15) is 0 Å². The van der Waals surface area contributed by atoms with Crippen molar-refractivity contribution < 1.29 is 41.9 Å². The highest BCUT2D eigenvalue weighted by Gasteiger charge is 2.70. The first-order chi connectivity index (χ1) is 26.8. The Kier molecular flexibility index (Phi) is 13.5. The summed E-state index contributed by atoms with van der Waals surface area (Å²) in [6.45, 7) is 16.6. The van der Waals surface area contributed by atoms with Gasteiger partial charge in [0.2, 0.25) is 17.6 Å². The normalized spacial score (nSPS) is 25.9. The number of Topliss-reactive ketones (excluding diaryl/α,β-unsaturated/α-hetero) is 1. The number of hydrogen-bond acceptors (Lipinski definition) is 9. The lowest BCUT2D eigenvalue weighted by molar-refractivity contribution is -0.154. The Morgan fingerprint density at radius 3 is 1.97 bits per heavy atom. The van der Waals surface area contributed by atoms with Crippen LogP contribution in [-0.2, 0) is 38.5 Å². The second-order valence-electron chi connectivity index (χ2n) is 21.0. The van der Waals surface area contributed by atoms with Gasteiger partial charge in [0.15, 0.2) is 9.84 Å². The van der Waals surface area contributed by atoms with E-state index in [-0.39, 0.29) is 54.2 Å². The lowest BCUT2D eigenvalue weighted by Crippen LogP contribution is -2.65. The Hall–Kier alpha value is -3.23. The predicted octanol–water partition coefficient (Wildman–Crippen LogP) is 4.73. The fourth-order valence-corrected chi connectivity index (χ4v) is 11.3. The molecule has 58 heavy (non-hydrogen) atoms. The van der Waals surface area contributed by atoms with Gasteiger partial charge in [-0.25, -0.2) is 13.2 Å². The summed E-state index contributed by atoms with van der Waals surface area (Å²) >= 11 is 0. The van der Waals surface area contributed by atoms with Crippen LogP contribution < -0.4 is 21.3 Å². The van der Waals surface area contributed by atoms with Crippen LogP contribution in [0, 0.1) is 28.6 Å². The smallest absolute Gasteiger partial charge is 0.315 e. The molecule has 1 saturated heterocycles. The number of fused-ring (bicyclic) bond motifs is 1. The number of ether oxygens (including phenoxy) is 1. The van der Waals surface area contributed by atoms with Crippen molar-refractivity contribution in [2.75, 3.05) is 18.8 Å². The molecule has 4 saturated carbocycles. The van der Waals surface area contributed by atoms with Crippen molar-refractivity contribution >= 4 is 45.3 Å². The highest BCUT2D eigenvalue weighted by Crippen LogP contribution is 2.65. The van der Waals surface area contributed by atoms with Crippen LogP contribution in [0.15, 0.2) is 0 Å². The summed E-state index contributed by atoms with van der Waals surface area (Å²) < 4.78 is 31.3. The SMILES string of the molecule is CC(C)(C)OC(=O)CCNC(=O)C(=O)C(CC1CC1)NC(=O)[C@@H]1[C@@H]2C(CN1C(=O)[C@@H](NC(=O)NC1(CS(=O)(=O)C(C)(C)C)CCCCC1)C1(C)CCCCC1)C2(C)C. The van der Waals surface area contributed by atoms with Crippen LogP contribution in [0.2, 0.25) is 0 Å². The molecule has 5 atom stereocenters. The summed E-state index contributed by atoms with van der Waals surface area (Å²) in [5.74, 6) is -3.25. The topological polar surface area (TPSA) is 197 Å². The fraction of sp³-hybridized carbons (Fsp3) is 0.860. The maximum atomic E-state index is 15.0. The highest BCUT2D eigenvalue weighted by molar-refractivity contribution is 7.92. The summed E-state index contributed by atoms with van der Waals surface area (Å²) in [5, 5.41) is 11.5. The van der Waals surface area contributed by atoms with E-state index >= 15 is 4.79 Å². The molecule has 328 valence electrons. The second-order valence-corrected chi connectivity index (χ2v) is 23.8. The van der Waals surface area contributed by atoms with Gasteiger partial charge in [-0.15, -0.1) is 0 Å². The molecule has 0 radical (unpaired) electrons. The molecule has 5 aliphatic rings. The van der Waals surface area contributed by atoms with Gasteiger partial charge in [-0.05, 0) is 102 Å². The van der Waals surface area contributed by atoms with E-state index < -0.39 is 78.9 Å². The van der Waals surface area contributed by atoms with Gasteiger partial charge < -0.3 is 30.9 Å². The summed E-state index contributed by atoms with van der Waals surface area (Å²) in [7, 11) is -3.59. The number of carbonyl (C=O) groups excluding carboxylic acids is 6. The first-order valence-electron chi connectivity index (χ1n) is 21.7. The van der Waals surface area contributed by atoms with E-state index in [9.17, 15) is 32.4 Å². The quantitative estimate of drug-likeness (QED) is 0.133. The lowest BCUT2D eigenvalue weighted by atomic mass is 9.70. The fourth-order valence-electron chi connectivity index (χ4n) is 9.77. The van der Waals surface area contributed by atoms with Crippen LogP contribution >= 0.6 is 0 Å². The van der Waals surface area contributed by atoms with Crippen LogP contribution in [-0.4, -0.2) is 102 Å². The number of piperidine rings is 1. The molecule has 4 aliphatic carbocycles. The van der Waals surface area contributed by atoms with Gasteiger partial charge in [-0.3, -0.25) is 24.0 Å². The molecular formula is C43H71N5O9S. The zero-order valence-corrected chi connectivity index (χ0v) is 37.3. The molecule has 14 nitrogen and oxygen atoms in total. The molecule has 0 aromatic heterocycles. The number of likely N-dealkylation sites (tertiary alicyclic amines) is 1. The van der Waals surface area contributed by atoms with Gasteiger partial charge >= 0.3 is 12.0 Å². The van der Waals surface area contributed by atoms with E-state index in [0.717, 1.165) is 51.4 Å². The second kappa shape index (κ2) is 17.0. The molecule has 0 aromatic rings. The van der Waals surface area contributed by atoms with Crippen LogP contribution in [0.25, 0.3) is 0 Å². The number of nitrogens with zero attached hydrogens (tertiary/aromatic N) is 1. The lowest BCUT2D eigenvalue weighted by Gasteiger charge is -2.44. The third-order valence-corrected chi connectivity index (χ3v) is 16.5. The minimum atomic E-state index is -3.59. The minimum Gasteiger partial charge on any atom is -0.460 e. The van der Waals surface area contributed by atoms with Crippen LogP contribution in [0.5, 0.6) is 0 Å². The van der Waals surface area contributed by atoms with Gasteiger partial charge in [0.05, 0.1) is 28.5 Å². The summed E-state index contributed by atoms with van der Waals surface area (Å²) in [6, 6.07) is -3.60. The molecule has 4 N–H and O–H groups in total. The van der Waals surface area contributed by atoms with Crippen molar-refractivity contribution in [2.24, 2.45) is 28.6 Å². The van der Waals surface area contributed by atoms with Crippen molar-refractivity contribution in [2.45, 2.75) is 186 Å². The number of amides is 5. The Bertz CT molecular complexity index is 1700. The summed E-state index contributed by atoms with van der Waals surface area (Å²) in [5.41, 5.74) is -2.51. The Labute approximate surface area is 346 Å². The van der Waals surface area contributed by atoms with Crippen LogP contribution in [0.4, 0.5) is 4.79 Å². The number of carbonyl (C=O) groups is 6. The number of ketones is 1. The van der Waals surface area contributed by atoms with E-state index in [1.807, 2.05) is 6.92 Å². The molecule has 0 bridgehead atoms. The molecular weight excluding hydrogens is 763 g/mol. The van der Waals surface area contributed by atoms with Gasteiger partial charge in [0.25, 0.3) is 5.91 Å². The Morgan fingerprint density at radius 1 is 0.828 bits per heavy atom. The maximum absolute atomic E-state index is 15.0. The van der Waals surface area contributed by atoms with Crippen molar-refractivity contribution in [1.82, 2.24) is 26.2 Å². The molecule has 5 amide bonds. The standard InChI is InChI=1S/C43H71N5O9S/c1-39(2,3)57-30(49)18-23-44-36(52)33(50)29(24-27-16-17-27)45-35(51)32-31-28(41(31,7)8)25-48(32)37(53)34(42(9)19-12-10-13-20-42)46-38(54)47-43(21-14-11-15-22-43)26-58(55,56)40(4,5)6/h27-29,31-32,34H,10-26H2,1-9H3,(H,44,52)(H,45,51)(H2,46,47,54)/t28?,29?,31-,32-,34+/m0/s1. The first-order valence-corrected chi connectivity index (χ1v) is 23.4. The van der Waals surface area contributed by atoms with E-state index in [1.165, 1.54) is 0 Å². The van der Waals surface area contributed by atoms with Crippen molar-refractivity contribution in [3.63, 3.8) is 0 Å². The summed E-state index contributed by atoms with van der Waals surface area (Å²) in [6.07, 6.45) is 9.62. The molecule has 2 unspecified atom stereocenters. The van der Waals surface area contributed by atoms with E-state index in [0.29, 0.717) is 32.2 Å². The number of sulfone groups is 1. The maximum Gasteiger partial charge on any atom is 0.315 e. The highest BCUT2D eigenvalue weighted by atomic mass is 32.2.